The number of aliphatic hydroxyl groups excluding tert-OH is 1. The highest BCUT2D eigenvalue weighted by molar-refractivity contribution is 4.99. The molecule has 2 heterocycles. The molecular weight excluding hydrogens is 202 g/mol. The summed E-state index contributed by atoms with van der Waals surface area (Å²) in [5.74, 6) is 0.683. The van der Waals surface area contributed by atoms with Crippen molar-refractivity contribution < 1.29 is 5.11 Å². The van der Waals surface area contributed by atoms with Gasteiger partial charge in [0.25, 0.3) is 0 Å². The molecule has 2 rings (SSSR count). The SMILES string of the molecule is CCn1cncc1CN1CCC(CCO)C1. The first-order chi connectivity index (χ1) is 7.83. The van der Waals surface area contributed by atoms with Gasteiger partial charge in [-0.05, 0) is 32.2 Å². The molecule has 90 valence electrons. The molecule has 0 radical (unpaired) electrons. The molecule has 1 aliphatic heterocycles. The van der Waals surface area contributed by atoms with Crippen LogP contribution < -0.4 is 0 Å². The number of hydrogen-bond donors (Lipinski definition) is 1. The van der Waals surface area contributed by atoms with Crippen molar-refractivity contribution in [1.29, 1.82) is 0 Å². The number of nitrogens with zero attached hydrogens (tertiary/aromatic N) is 3. The maximum atomic E-state index is 8.92. The fraction of sp³-hybridized carbons (Fsp3) is 0.750. The molecule has 0 aromatic carbocycles. The van der Waals surface area contributed by atoms with Gasteiger partial charge in [-0.15, -0.1) is 0 Å². The van der Waals surface area contributed by atoms with Crippen molar-refractivity contribution >= 4 is 0 Å². The highest BCUT2D eigenvalue weighted by atomic mass is 16.3. The number of aromatic nitrogens is 2. The van der Waals surface area contributed by atoms with Gasteiger partial charge in [0.15, 0.2) is 0 Å². The van der Waals surface area contributed by atoms with Crippen LogP contribution in [0.15, 0.2) is 12.5 Å². The van der Waals surface area contributed by atoms with E-state index in [0.29, 0.717) is 12.5 Å². The van der Waals surface area contributed by atoms with E-state index in [1.807, 2.05) is 12.5 Å². The largest absolute Gasteiger partial charge is 0.396 e. The number of imidazole rings is 1. The Balaban J connectivity index is 1.87. The molecule has 0 bridgehead atoms. The van der Waals surface area contributed by atoms with Crippen LogP contribution in [0.4, 0.5) is 0 Å². The van der Waals surface area contributed by atoms with Gasteiger partial charge in [0.05, 0.1) is 12.0 Å². The molecular formula is C12H21N3O. The molecule has 1 N–H and O–H groups in total. The lowest BCUT2D eigenvalue weighted by Crippen LogP contribution is -2.22. The predicted octanol–water partition coefficient (Wildman–Crippen LogP) is 1.11. The predicted molar refractivity (Wildman–Crippen MR) is 63.0 cm³/mol. The minimum Gasteiger partial charge on any atom is -0.396 e. The Kier molecular flexibility index (Phi) is 3.96. The number of hydrogen-bond acceptors (Lipinski definition) is 3. The topological polar surface area (TPSA) is 41.3 Å². The first kappa shape index (κ1) is 11.6. The van der Waals surface area contributed by atoms with E-state index in [-0.39, 0.29) is 0 Å². The maximum Gasteiger partial charge on any atom is 0.0948 e. The fourth-order valence-corrected chi connectivity index (χ4v) is 2.47. The summed E-state index contributed by atoms with van der Waals surface area (Å²) in [5, 5.41) is 8.92. The third-order valence-electron chi connectivity index (χ3n) is 3.43. The Morgan fingerprint density at radius 3 is 3.19 bits per heavy atom. The zero-order valence-corrected chi connectivity index (χ0v) is 9.97. The minimum absolute atomic E-state index is 0.325. The zero-order chi connectivity index (χ0) is 11.4. The first-order valence-electron chi connectivity index (χ1n) is 6.15. The maximum absolute atomic E-state index is 8.92. The third-order valence-corrected chi connectivity index (χ3v) is 3.43. The molecule has 0 amide bonds. The summed E-state index contributed by atoms with van der Waals surface area (Å²) < 4.78 is 2.19. The van der Waals surface area contributed by atoms with Crippen LogP contribution in [0, 0.1) is 5.92 Å². The van der Waals surface area contributed by atoms with E-state index in [1.165, 1.54) is 12.1 Å². The quantitative estimate of drug-likeness (QED) is 0.813. The first-order valence-corrected chi connectivity index (χ1v) is 6.15. The fourth-order valence-electron chi connectivity index (χ4n) is 2.47. The summed E-state index contributed by atoms with van der Waals surface area (Å²) in [7, 11) is 0. The van der Waals surface area contributed by atoms with Crippen LogP contribution in [0.1, 0.15) is 25.5 Å². The van der Waals surface area contributed by atoms with E-state index in [2.05, 4.69) is 21.4 Å². The normalized spacial score (nSPS) is 21.8. The Morgan fingerprint density at radius 2 is 2.44 bits per heavy atom. The van der Waals surface area contributed by atoms with Crippen molar-refractivity contribution in [3.63, 3.8) is 0 Å². The third kappa shape index (κ3) is 2.62. The molecule has 4 heteroatoms. The van der Waals surface area contributed by atoms with Gasteiger partial charge in [-0.25, -0.2) is 4.98 Å². The van der Waals surface area contributed by atoms with Gasteiger partial charge >= 0.3 is 0 Å². The van der Waals surface area contributed by atoms with Gasteiger partial charge in [0.2, 0.25) is 0 Å². The molecule has 0 aliphatic carbocycles. The highest BCUT2D eigenvalue weighted by Gasteiger charge is 2.22. The number of aryl methyl sites for hydroxylation is 1. The highest BCUT2D eigenvalue weighted by Crippen LogP contribution is 2.20. The lowest BCUT2D eigenvalue weighted by atomic mass is 10.1. The molecule has 1 aromatic rings. The Morgan fingerprint density at radius 1 is 1.56 bits per heavy atom. The molecule has 1 aromatic heterocycles. The number of rotatable bonds is 5. The van der Waals surface area contributed by atoms with Crippen LogP contribution in [0.3, 0.4) is 0 Å². The average Bonchev–Trinajstić information content (AvgIpc) is 2.89. The second-order valence-corrected chi connectivity index (χ2v) is 4.57. The van der Waals surface area contributed by atoms with Crippen molar-refractivity contribution in [1.82, 2.24) is 14.5 Å². The Bertz CT molecular complexity index is 324. The van der Waals surface area contributed by atoms with Gasteiger partial charge in [0.1, 0.15) is 0 Å². The van der Waals surface area contributed by atoms with E-state index in [0.717, 1.165) is 32.6 Å². The molecule has 0 spiro atoms. The van der Waals surface area contributed by atoms with E-state index in [1.54, 1.807) is 0 Å². The van der Waals surface area contributed by atoms with Crippen molar-refractivity contribution in [3.05, 3.63) is 18.2 Å². The van der Waals surface area contributed by atoms with Crippen molar-refractivity contribution in [2.75, 3.05) is 19.7 Å². The summed E-state index contributed by atoms with van der Waals surface area (Å²) in [6, 6.07) is 0. The minimum atomic E-state index is 0.325. The van der Waals surface area contributed by atoms with E-state index < -0.39 is 0 Å². The van der Waals surface area contributed by atoms with Crippen molar-refractivity contribution in [3.8, 4) is 0 Å². The monoisotopic (exact) mass is 223 g/mol. The van der Waals surface area contributed by atoms with Gasteiger partial charge < -0.3 is 9.67 Å². The van der Waals surface area contributed by atoms with Crippen molar-refractivity contribution in [2.24, 2.45) is 5.92 Å². The molecule has 16 heavy (non-hydrogen) atoms. The van der Waals surface area contributed by atoms with Gasteiger partial charge in [0, 0.05) is 32.4 Å². The van der Waals surface area contributed by atoms with Crippen LogP contribution in [0.25, 0.3) is 0 Å². The van der Waals surface area contributed by atoms with Crippen LogP contribution in [0.2, 0.25) is 0 Å². The van der Waals surface area contributed by atoms with E-state index >= 15 is 0 Å². The van der Waals surface area contributed by atoms with Gasteiger partial charge in [-0.3, -0.25) is 4.90 Å². The molecule has 4 nitrogen and oxygen atoms in total. The van der Waals surface area contributed by atoms with Crippen LogP contribution in [-0.2, 0) is 13.1 Å². The lowest BCUT2D eigenvalue weighted by Gasteiger charge is -2.16. The van der Waals surface area contributed by atoms with Crippen molar-refractivity contribution in [2.45, 2.75) is 32.9 Å². The lowest BCUT2D eigenvalue weighted by molar-refractivity contribution is 0.248. The number of aliphatic hydroxyl groups is 1. The summed E-state index contributed by atoms with van der Waals surface area (Å²) in [4.78, 5) is 6.65. The Hall–Kier alpha value is -0.870. The van der Waals surface area contributed by atoms with Gasteiger partial charge in [-0.2, -0.15) is 0 Å². The second-order valence-electron chi connectivity index (χ2n) is 4.57. The molecule has 1 aliphatic rings. The Labute approximate surface area is 96.9 Å². The smallest absolute Gasteiger partial charge is 0.0948 e. The summed E-state index contributed by atoms with van der Waals surface area (Å²) in [6.07, 6.45) is 6.03. The summed E-state index contributed by atoms with van der Waals surface area (Å²) >= 11 is 0. The number of likely N-dealkylation sites (tertiary alicyclic amines) is 1. The summed E-state index contributed by atoms with van der Waals surface area (Å²) in [6.45, 7) is 6.73. The molecule has 1 fully saturated rings. The molecule has 0 saturated carbocycles. The zero-order valence-electron chi connectivity index (χ0n) is 9.97. The van der Waals surface area contributed by atoms with E-state index in [4.69, 9.17) is 5.11 Å². The van der Waals surface area contributed by atoms with E-state index in [9.17, 15) is 0 Å². The second kappa shape index (κ2) is 5.46. The standard InChI is InChI=1S/C12H21N3O/c1-2-15-10-13-7-12(15)9-14-5-3-11(8-14)4-6-16/h7,10-11,16H,2-6,8-9H2,1H3. The summed E-state index contributed by atoms with van der Waals surface area (Å²) in [5.41, 5.74) is 1.30. The molecule has 1 atom stereocenters. The van der Waals surface area contributed by atoms with Crippen LogP contribution >= 0.6 is 0 Å². The van der Waals surface area contributed by atoms with Crippen LogP contribution in [-0.4, -0.2) is 39.3 Å². The van der Waals surface area contributed by atoms with Gasteiger partial charge in [-0.1, -0.05) is 0 Å². The van der Waals surface area contributed by atoms with Crippen LogP contribution in [0.5, 0.6) is 0 Å². The molecule has 1 unspecified atom stereocenters. The molecule has 1 saturated heterocycles. The average molecular weight is 223 g/mol.